The van der Waals surface area contributed by atoms with Crippen molar-refractivity contribution < 1.29 is 4.39 Å². The summed E-state index contributed by atoms with van der Waals surface area (Å²) < 4.78 is 13.7. The van der Waals surface area contributed by atoms with Crippen molar-refractivity contribution in [2.45, 2.75) is 6.04 Å². The molecule has 84 valence electrons. The Hall–Kier alpha value is -1.29. The molecule has 1 fully saturated rings. The second kappa shape index (κ2) is 3.63. The molecule has 0 aliphatic carbocycles. The largest absolute Gasteiger partial charge is 0.347 e. The first kappa shape index (κ1) is 9.90. The molecule has 1 aromatic rings. The van der Waals surface area contributed by atoms with E-state index in [4.69, 9.17) is 11.6 Å². The van der Waals surface area contributed by atoms with Crippen molar-refractivity contribution in [1.29, 1.82) is 0 Å². The summed E-state index contributed by atoms with van der Waals surface area (Å²) in [6.07, 6.45) is 0. The van der Waals surface area contributed by atoms with Crippen LogP contribution >= 0.6 is 11.6 Å². The SMILES string of the molecule is Fc1cccc(Cl)c1C1CN2CCN=C2N1. The van der Waals surface area contributed by atoms with Crippen molar-refractivity contribution in [2.24, 2.45) is 4.99 Å². The Balaban J connectivity index is 1.94. The van der Waals surface area contributed by atoms with Crippen LogP contribution in [0.3, 0.4) is 0 Å². The van der Waals surface area contributed by atoms with Gasteiger partial charge in [-0.25, -0.2) is 4.39 Å². The first-order valence-corrected chi connectivity index (χ1v) is 5.63. The molecule has 1 N–H and O–H groups in total. The maximum atomic E-state index is 13.7. The highest BCUT2D eigenvalue weighted by atomic mass is 35.5. The first-order valence-electron chi connectivity index (χ1n) is 5.25. The highest BCUT2D eigenvalue weighted by Gasteiger charge is 2.32. The minimum absolute atomic E-state index is 0.0900. The van der Waals surface area contributed by atoms with Crippen molar-refractivity contribution in [3.63, 3.8) is 0 Å². The number of nitrogens with zero attached hydrogens (tertiary/aromatic N) is 2. The number of guanidine groups is 1. The van der Waals surface area contributed by atoms with Gasteiger partial charge in [-0.2, -0.15) is 0 Å². The fourth-order valence-electron chi connectivity index (χ4n) is 2.23. The predicted molar refractivity (Wildman–Crippen MR) is 61.2 cm³/mol. The highest BCUT2D eigenvalue weighted by molar-refractivity contribution is 6.31. The highest BCUT2D eigenvalue weighted by Crippen LogP contribution is 2.29. The summed E-state index contributed by atoms with van der Waals surface area (Å²) in [4.78, 5) is 6.42. The van der Waals surface area contributed by atoms with E-state index in [2.05, 4.69) is 15.2 Å². The van der Waals surface area contributed by atoms with Gasteiger partial charge in [0, 0.05) is 23.7 Å². The summed E-state index contributed by atoms with van der Waals surface area (Å²) in [5, 5.41) is 3.67. The third-order valence-electron chi connectivity index (χ3n) is 2.99. The fourth-order valence-corrected chi connectivity index (χ4v) is 2.52. The van der Waals surface area contributed by atoms with Crippen LogP contribution in [-0.2, 0) is 0 Å². The van der Waals surface area contributed by atoms with E-state index in [9.17, 15) is 4.39 Å². The van der Waals surface area contributed by atoms with Crippen LogP contribution in [0.15, 0.2) is 23.2 Å². The average Bonchev–Trinajstić information content (AvgIpc) is 2.77. The maximum absolute atomic E-state index is 13.7. The van der Waals surface area contributed by atoms with Crippen LogP contribution in [0.25, 0.3) is 0 Å². The van der Waals surface area contributed by atoms with E-state index in [0.29, 0.717) is 10.6 Å². The molecule has 1 atom stereocenters. The number of hydrogen-bond donors (Lipinski definition) is 1. The Labute approximate surface area is 97.9 Å². The third-order valence-corrected chi connectivity index (χ3v) is 3.32. The van der Waals surface area contributed by atoms with E-state index in [1.54, 1.807) is 12.1 Å². The number of nitrogens with one attached hydrogen (secondary N) is 1. The molecule has 2 aliphatic heterocycles. The Morgan fingerprint density at radius 3 is 3.12 bits per heavy atom. The van der Waals surface area contributed by atoms with Gasteiger partial charge in [0.05, 0.1) is 12.6 Å². The van der Waals surface area contributed by atoms with Gasteiger partial charge in [-0.3, -0.25) is 4.99 Å². The lowest BCUT2D eigenvalue weighted by atomic mass is 10.1. The van der Waals surface area contributed by atoms with Crippen molar-refractivity contribution in [3.05, 3.63) is 34.6 Å². The quantitative estimate of drug-likeness (QED) is 0.809. The Kier molecular flexibility index (Phi) is 2.24. The Bertz CT molecular complexity index is 440. The van der Waals surface area contributed by atoms with Crippen molar-refractivity contribution in [2.75, 3.05) is 19.6 Å². The molecule has 1 saturated heterocycles. The molecule has 5 heteroatoms. The number of benzene rings is 1. The van der Waals surface area contributed by atoms with Gasteiger partial charge in [-0.15, -0.1) is 0 Å². The summed E-state index contributed by atoms with van der Waals surface area (Å²) in [7, 11) is 0. The molecule has 2 aliphatic rings. The minimum Gasteiger partial charge on any atom is -0.347 e. The molecule has 0 bridgehead atoms. The maximum Gasteiger partial charge on any atom is 0.194 e. The summed E-state index contributed by atoms with van der Waals surface area (Å²) in [6, 6.07) is 4.68. The summed E-state index contributed by atoms with van der Waals surface area (Å²) in [5.74, 6) is 0.607. The molecule has 1 aromatic carbocycles. The first-order chi connectivity index (χ1) is 7.75. The second-order valence-electron chi connectivity index (χ2n) is 3.98. The number of aliphatic imine (C=N–C) groups is 1. The zero-order valence-electron chi connectivity index (χ0n) is 8.58. The van der Waals surface area contributed by atoms with Gasteiger partial charge in [0.1, 0.15) is 5.82 Å². The van der Waals surface area contributed by atoms with E-state index >= 15 is 0 Å². The zero-order chi connectivity index (χ0) is 11.1. The molecule has 16 heavy (non-hydrogen) atoms. The zero-order valence-corrected chi connectivity index (χ0v) is 9.34. The number of hydrogen-bond acceptors (Lipinski definition) is 3. The molecule has 0 aromatic heterocycles. The Morgan fingerprint density at radius 1 is 1.50 bits per heavy atom. The lowest BCUT2D eigenvalue weighted by molar-refractivity contribution is 0.456. The predicted octanol–water partition coefficient (Wildman–Crippen LogP) is 1.79. The monoisotopic (exact) mass is 239 g/mol. The summed E-state index contributed by atoms with van der Waals surface area (Å²) >= 11 is 6.03. The number of halogens is 2. The smallest absolute Gasteiger partial charge is 0.194 e. The Morgan fingerprint density at radius 2 is 2.38 bits per heavy atom. The van der Waals surface area contributed by atoms with Gasteiger partial charge in [-0.1, -0.05) is 17.7 Å². The topological polar surface area (TPSA) is 27.6 Å². The molecule has 0 saturated carbocycles. The molecule has 0 spiro atoms. The standard InChI is InChI=1S/C11H11ClFN3/c12-7-2-1-3-8(13)10(7)9-6-16-5-4-14-11(16)15-9/h1-3,9H,4-6H2,(H,14,15). The number of fused-ring (bicyclic) bond motifs is 1. The van der Waals surface area contributed by atoms with Gasteiger partial charge in [0.15, 0.2) is 5.96 Å². The van der Waals surface area contributed by atoms with Crippen LogP contribution in [0, 0.1) is 5.82 Å². The molecule has 3 nitrogen and oxygen atoms in total. The molecule has 1 unspecified atom stereocenters. The normalized spacial score (nSPS) is 23.0. The lowest BCUT2D eigenvalue weighted by Gasteiger charge is -2.14. The molecular weight excluding hydrogens is 229 g/mol. The van der Waals surface area contributed by atoms with Crippen LogP contribution in [0.1, 0.15) is 11.6 Å². The van der Waals surface area contributed by atoms with Crippen molar-refractivity contribution in [1.82, 2.24) is 10.2 Å². The van der Waals surface area contributed by atoms with Gasteiger partial charge in [-0.05, 0) is 12.1 Å². The van der Waals surface area contributed by atoms with E-state index < -0.39 is 0 Å². The van der Waals surface area contributed by atoms with Gasteiger partial charge >= 0.3 is 0 Å². The van der Waals surface area contributed by atoms with Crippen LogP contribution in [0.2, 0.25) is 5.02 Å². The third kappa shape index (κ3) is 1.45. The van der Waals surface area contributed by atoms with E-state index in [0.717, 1.165) is 25.6 Å². The molecule has 3 rings (SSSR count). The molecule has 0 radical (unpaired) electrons. The second-order valence-corrected chi connectivity index (χ2v) is 4.39. The minimum atomic E-state index is -0.258. The van der Waals surface area contributed by atoms with Gasteiger partial charge in [0.25, 0.3) is 0 Å². The summed E-state index contributed by atoms with van der Waals surface area (Å²) in [5.41, 5.74) is 0.543. The van der Waals surface area contributed by atoms with Gasteiger partial charge < -0.3 is 10.2 Å². The van der Waals surface area contributed by atoms with Crippen LogP contribution in [0.5, 0.6) is 0 Å². The fraction of sp³-hybridized carbons (Fsp3) is 0.364. The molecule has 0 amide bonds. The van der Waals surface area contributed by atoms with Crippen molar-refractivity contribution >= 4 is 17.6 Å². The molecular formula is C11H11ClFN3. The average molecular weight is 240 g/mol. The van der Waals surface area contributed by atoms with Crippen LogP contribution in [0.4, 0.5) is 4.39 Å². The number of rotatable bonds is 1. The van der Waals surface area contributed by atoms with E-state index in [-0.39, 0.29) is 11.9 Å². The van der Waals surface area contributed by atoms with Gasteiger partial charge in [0.2, 0.25) is 0 Å². The van der Waals surface area contributed by atoms with E-state index in [1.807, 2.05) is 0 Å². The van der Waals surface area contributed by atoms with E-state index in [1.165, 1.54) is 6.07 Å². The van der Waals surface area contributed by atoms with Crippen molar-refractivity contribution in [3.8, 4) is 0 Å². The summed E-state index contributed by atoms with van der Waals surface area (Å²) in [6.45, 7) is 2.46. The lowest BCUT2D eigenvalue weighted by Crippen LogP contribution is -2.25. The molecule has 2 heterocycles. The van der Waals surface area contributed by atoms with Crippen LogP contribution < -0.4 is 5.32 Å². The van der Waals surface area contributed by atoms with Crippen LogP contribution in [-0.4, -0.2) is 30.5 Å².